The van der Waals surface area contributed by atoms with Crippen molar-refractivity contribution in [3.8, 4) is 5.75 Å². The molecule has 4 bridgehead atoms. The van der Waals surface area contributed by atoms with Crippen molar-refractivity contribution in [1.82, 2.24) is 5.32 Å². The van der Waals surface area contributed by atoms with E-state index in [0.717, 1.165) is 19.3 Å². The zero-order valence-corrected chi connectivity index (χ0v) is 18.8. The van der Waals surface area contributed by atoms with Gasteiger partial charge >= 0.3 is 11.7 Å². The Morgan fingerprint density at radius 1 is 1.12 bits per heavy atom. The summed E-state index contributed by atoms with van der Waals surface area (Å²) in [4.78, 5) is 47.7. The Morgan fingerprint density at radius 2 is 1.73 bits per heavy atom. The molecule has 4 aliphatic carbocycles. The summed E-state index contributed by atoms with van der Waals surface area (Å²) in [6.07, 6.45) is 6.39. The van der Waals surface area contributed by atoms with Crippen molar-refractivity contribution in [2.45, 2.75) is 45.4 Å². The fraction of sp³-hybridized carbons (Fsp3) is 0.609. The van der Waals surface area contributed by atoms with Crippen LogP contribution < -0.4 is 15.4 Å². The summed E-state index contributed by atoms with van der Waals surface area (Å²) in [5, 5.41) is 16.4. The summed E-state index contributed by atoms with van der Waals surface area (Å²) in [6, 6.07) is 2.64. The first-order valence-electron chi connectivity index (χ1n) is 11.3. The zero-order valence-electron chi connectivity index (χ0n) is 18.8. The number of hydrogen-bond acceptors (Lipinski definition) is 7. The van der Waals surface area contributed by atoms with Crippen LogP contribution in [0.3, 0.4) is 0 Å². The van der Waals surface area contributed by atoms with E-state index in [-0.39, 0.29) is 29.3 Å². The van der Waals surface area contributed by atoms with Gasteiger partial charge in [0.05, 0.1) is 12.0 Å². The van der Waals surface area contributed by atoms with Gasteiger partial charge in [-0.05, 0) is 68.8 Å². The molecule has 0 spiro atoms. The van der Waals surface area contributed by atoms with E-state index in [1.807, 2.05) is 0 Å². The fourth-order valence-corrected chi connectivity index (χ4v) is 6.23. The number of benzene rings is 1. The van der Waals surface area contributed by atoms with Crippen molar-refractivity contribution in [3.05, 3.63) is 27.8 Å². The van der Waals surface area contributed by atoms with Crippen molar-refractivity contribution >= 4 is 29.2 Å². The lowest BCUT2D eigenvalue weighted by atomic mass is 9.49. The van der Waals surface area contributed by atoms with E-state index < -0.39 is 23.4 Å². The number of rotatable bonds is 8. The predicted octanol–water partition coefficient (Wildman–Crippen LogP) is 2.73. The number of carbonyl (C=O) groups is 3. The highest BCUT2D eigenvalue weighted by atomic mass is 16.6. The van der Waals surface area contributed by atoms with E-state index in [1.165, 1.54) is 38.5 Å². The number of methoxy groups -OCH3 is 1. The third-order valence-corrected chi connectivity index (χ3v) is 7.27. The van der Waals surface area contributed by atoms with Crippen LogP contribution in [-0.2, 0) is 19.1 Å². The maximum Gasteiger partial charge on any atom is 0.325 e. The van der Waals surface area contributed by atoms with Crippen LogP contribution in [0.2, 0.25) is 0 Å². The topological polar surface area (TPSA) is 137 Å². The van der Waals surface area contributed by atoms with E-state index in [4.69, 9.17) is 9.47 Å². The molecule has 2 amide bonds. The number of nitro benzene ring substituents is 1. The largest absolute Gasteiger partial charge is 0.490 e. The summed E-state index contributed by atoms with van der Waals surface area (Å²) in [7, 11) is 1.29. The van der Waals surface area contributed by atoms with Crippen molar-refractivity contribution in [2.75, 3.05) is 25.6 Å². The highest BCUT2D eigenvalue weighted by Gasteiger charge is 2.54. The predicted molar refractivity (Wildman–Crippen MR) is 118 cm³/mol. The van der Waals surface area contributed by atoms with E-state index >= 15 is 0 Å². The minimum Gasteiger partial charge on any atom is -0.490 e. The van der Waals surface area contributed by atoms with Gasteiger partial charge in [0.25, 0.3) is 5.91 Å². The Kier molecular flexibility index (Phi) is 6.27. The molecule has 1 aromatic rings. The number of nitrogens with one attached hydrogen (secondary N) is 2. The fourth-order valence-electron chi connectivity index (χ4n) is 6.23. The second kappa shape index (κ2) is 8.99. The van der Waals surface area contributed by atoms with E-state index in [1.54, 1.807) is 6.92 Å². The zero-order chi connectivity index (χ0) is 23.8. The molecule has 10 nitrogen and oxygen atoms in total. The van der Waals surface area contributed by atoms with Crippen molar-refractivity contribution in [3.63, 3.8) is 0 Å². The first kappa shape index (κ1) is 23.0. The number of nitrogens with zero attached hydrogens (tertiary/aromatic N) is 1. The molecular weight excluding hydrogens is 430 g/mol. The van der Waals surface area contributed by atoms with Crippen LogP contribution in [0.4, 0.5) is 11.4 Å². The number of ether oxygens (including phenoxy) is 2. The van der Waals surface area contributed by atoms with Gasteiger partial charge in [0.2, 0.25) is 5.91 Å². The first-order chi connectivity index (χ1) is 15.7. The van der Waals surface area contributed by atoms with Gasteiger partial charge in [-0.15, -0.1) is 0 Å². The lowest BCUT2D eigenvalue weighted by Gasteiger charge is -2.55. The van der Waals surface area contributed by atoms with Crippen LogP contribution in [0.1, 0.15) is 44.1 Å². The second-order valence-electron chi connectivity index (χ2n) is 9.69. The van der Waals surface area contributed by atoms with Crippen LogP contribution in [-0.4, -0.2) is 43.0 Å². The van der Waals surface area contributed by atoms with Crippen LogP contribution in [0.5, 0.6) is 5.75 Å². The SMILES string of the molecule is COc1cc(NC(=O)COC(=O)CNC(=O)C23CC4CC(CC(C4)C2)C3)c(C)cc1[N+](=O)[O-]. The third kappa shape index (κ3) is 4.79. The molecule has 0 saturated heterocycles. The van der Waals surface area contributed by atoms with E-state index in [9.17, 15) is 24.5 Å². The summed E-state index contributed by atoms with van der Waals surface area (Å²) in [6.45, 7) is 0.789. The van der Waals surface area contributed by atoms with Gasteiger partial charge in [-0.1, -0.05) is 0 Å². The molecular formula is C23H29N3O7. The maximum atomic E-state index is 12.9. The number of anilines is 1. The van der Waals surface area contributed by atoms with Gasteiger partial charge in [-0.3, -0.25) is 24.5 Å². The minimum absolute atomic E-state index is 0.00489. The Hall–Kier alpha value is -3.17. The van der Waals surface area contributed by atoms with Gasteiger partial charge in [0.15, 0.2) is 12.4 Å². The molecule has 0 aromatic heterocycles. The molecule has 0 radical (unpaired) electrons. The average molecular weight is 459 g/mol. The Labute approximate surface area is 191 Å². The second-order valence-corrected chi connectivity index (χ2v) is 9.69. The van der Waals surface area contributed by atoms with Crippen LogP contribution in [0.15, 0.2) is 12.1 Å². The maximum absolute atomic E-state index is 12.9. The lowest BCUT2D eigenvalue weighted by molar-refractivity contribution is -0.385. The van der Waals surface area contributed by atoms with E-state index in [2.05, 4.69) is 10.6 Å². The van der Waals surface area contributed by atoms with Gasteiger partial charge in [-0.2, -0.15) is 0 Å². The number of amides is 2. The molecule has 0 aliphatic heterocycles. The van der Waals surface area contributed by atoms with Crippen molar-refractivity contribution in [2.24, 2.45) is 23.2 Å². The van der Waals surface area contributed by atoms with Crippen molar-refractivity contribution in [1.29, 1.82) is 0 Å². The Bertz CT molecular complexity index is 955. The Balaban J connectivity index is 1.25. The molecule has 0 heterocycles. The first-order valence-corrected chi connectivity index (χ1v) is 11.3. The molecule has 4 aliphatic rings. The van der Waals surface area contributed by atoms with Crippen molar-refractivity contribution < 1.29 is 28.8 Å². The molecule has 10 heteroatoms. The number of hydrogen-bond donors (Lipinski definition) is 2. The third-order valence-electron chi connectivity index (χ3n) is 7.27. The number of aryl methyl sites for hydroxylation is 1. The number of esters is 1. The van der Waals surface area contributed by atoms with Crippen LogP contribution >= 0.6 is 0 Å². The van der Waals surface area contributed by atoms with E-state index in [0.29, 0.717) is 29.0 Å². The summed E-state index contributed by atoms with van der Waals surface area (Å²) in [5.74, 6) is 0.510. The number of nitro groups is 1. The lowest BCUT2D eigenvalue weighted by Crippen LogP contribution is -2.54. The average Bonchev–Trinajstić information content (AvgIpc) is 2.76. The monoisotopic (exact) mass is 459 g/mol. The van der Waals surface area contributed by atoms with Gasteiger partial charge in [0.1, 0.15) is 6.54 Å². The molecule has 4 fully saturated rings. The van der Waals surface area contributed by atoms with Gasteiger partial charge in [0, 0.05) is 23.2 Å². The number of carbonyl (C=O) groups excluding carboxylic acids is 3. The van der Waals surface area contributed by atoms with Crippen LogP contribution in [0.25, 0.3) is 0 Å². The molecule has 1 aromatic carbocycles. The minimum atomic E-state index is -0.693. The Morgan fingerprint density at radius 3 is 2.27 bits per heavy atom. The summed E-state index contributed by atoms with van der Waals surface area (Å²) < 4.78 is 10.0. The van der Waals surface area contributed by atoms with Gasteiger partial charge < -0.3 is 20.1 Å². The van der Waals surface area contributed by atoms with Gasteiger partial charge in [-0.25, -0.2) is 0 Å². The smallest absolute Gasteiger partial charge is 0.325 e. The molecule has 178 valence electrons. The summed E-state index contributed by atoms with van der Waals surface area (Å²) in [5.41, 5.74) is 0.214. The highest BCUT2D eigenvalue weighted by Crippen LogP contribution is 2.60. The molecule has 0 atom stereocenters. The summed E-state index contributed by atoms with van der Waals surface area (Å²) >= 11 is 0. The molecule has 33 heavy (non-hydrogen) atoms. The quantitative estimate of drug-likeness (QED) is 0.346. The molecule has 4 saturated carbocycles. The standard InChI is InChI=1S/C23H29N3O7/c1-13-3-18(26(30)31)19(32-2)7-17(13)25-20(27)12-33-21(28)11-24-22(29)23-8-14-4-15(9-23)6-16(5-14)10-23/h3,7,14-16H,4-6,8-12H2,1-2H3,(H,24,29)(H,25,27). The van der Waals surface area contributed by atoms with Crippen LogP contribution in [0, 0.1) is 40.2 Å². The highest BCUT2D eigenvalue weighted by molar-refractivity contribution is 5.94. The molecule has 0 unspecified atom stereocenters. The molecule has 5 rings (SSSR count). The normalized spacial score (nSPS) is 27.0. The molecule has 2 N–H and O–H groups in total.